The third-order valence-corrected chi connectivity index (χ3v) is 3.06. The Hall–Kier alpha value is -1.06. The molecule has 1 unspecified atom stereocenters. The standard InChI is InChI=1S/C12H12Cl2N2O/c1-7-6-17-8(2)15-16-12(7)10-4-3-9(13)5-11(10)14/h3-5,7H,6H2,1-2H3. The first-order valence-corrected chi connectivity index (χ1v) is 6.04. The van der Waals surface area contributed by atoms with Crippen molar-refractivity contribution in [2.45, 2.75) is 13.8 Å². The molecule has 0 bridgehead atoms. The second-order valence-electron chi connectivity index (χ2n) is 3.94. The number of benzene rings is 1. The summed E-state index contributed by atoms with van der Waals surface area (Å²) in [4.78, 5) is 0. The molecule has 0 fully saturated rings. The maximum atomic E-state index is 6.16. The van der Waals surface area contributed by atoms with E-state index < -0.39 is 0 Å². The summed E-state index contributed by atoms with van der Waals surface area (Å²) < 4.78 is 5.40. The van der Waals surface area contributed by atoms with Crippen molar-refractivity contribution in [3.63, 3.8) is 0 Å². The molecule has 0 aliphatic carbocycles. The zero-order valence-corrected chi connectivity index (χ0v) is 11.1. The third kappa shape index (κ3) is 2.79. The van der Waals surface area contributed by atoms with Gasteiger partial charge in [-0.25, -0.2) is 0 Å². The van der Waals surface area contributed by atoms with Crippen LogP contribution in [0.3, 0.4) is 0 Å². The molecule has 17 heavy (non-hydrogen) atoms. The van der Waals surface area contributed by atoms with E-state index in [9.17, 15) is 0 Å². The molecular formula is C12H12Cl2N2O. The number of hydrogen-bond donors (Lipinski definition) is 0. The summed E-state index contributed by atoms with van der Waals surface area (Å²) in [5.41, 5.74) is 1.68. The minimum Gasteiger partial charge on any atom is -0.479 e. The van der Waals surface area contributed by atoms with Gasteiger partial charge in [-0.3, -0.25) is 0 Å². The molecule has 1 heterocycles. The van der Waals surface area contributed by atoms with Crippen molar-refractivity contribution in [2.24, 2.45) is 16.1 Å². The van der Waals surface area contributed by atoms with Crippen LogP contribution in [0.5, 0.6) is 0 Å². The highest BCUT2D eigenvalue weighted by Gasteiger charge is 2.19. The largest absolute Gasteiger partial charge is 0.479 e. The van der Waals surface area contributed by atoms with Crippen LogP contribution in [-0.4, -0.2) is 18.2 Å². The molecule has 1 aromatic carbocycles. The fourth-order valence-electron chi connectivity index (χ4n) is 1.59. The first-order valence-electron chi connectivity index (χ1n) is 5.28. The molecule has 1 aliphatic heterocycles. The molecular weight excluding hydrogens is 259 g/mol. The molecule has 0 spiro atoms. The van der Waals surface area contributed by atoms with Gasteiger partial charge in [0.05, 0.1) is 17.3 Å². The van der Waals surface area contributed by atoms with Crippen LogP contribution < -0.4 is 0 Å². The van der Waals surface area contributed by atoms with Crippen LogP contribution in [0, 0.1) is 5.92 Å². The number of rotatable bonds is 1. The quantitative estimate of drug-likeness (QED) is 0.765. The molecule has 1 aliphatic rings. The minimum atomic E-state index is 0.134. The summed E-state index contributed by atoms with van der Waals surface area (Å²) in [7, 11) is 0. The number of halogens is 2. The Morgan fingerprint density at radius 3 is 2.76 bits per heavy atom. The predicted molar refractivity (Wildman–Crippen MR) is 71.2 cm³/mol. The normalized spacial score (nSPS) is 20.1. The van der Waals surface area contributed by atoms with Crippen molar-refractivity contribution in [3.8, 4) is 0 Å². The molecule has 0 saturated carbocycles. The van der Waals surface area contributed by atoms with Gasteiger partial charge in [-0.2, -0.15) is 5.10 Å². The summed E-state index contributed by atoms with van der Waals surface area (Å²) in [6, 6.07) is 5.35. The van der Waals surface area contributed by atoms with Gasteiger partial charge in [-0.1, -0.05) is 36.2 Å². The topological polar surface area (TPSA) is 34.0 Å². The Morgan fingerprint density at radius 1 is 1.29 bits per heavy atom. The van der Waals surface area contributed by atoms with Crippen molar-refractivity contribution in [1.82, 2.24) is 0 Å². The van der Waals surface area contributed by atoms with Crippen LogP contribution in [0.25, 0.3) is 0 Å². The molecule has 1 aromatic rings. The molecule has 1 atom stereocenters. The number of hydrogen-bond acceptors (Lipinski definition) is 3. The van der Waals surface area contributed by atoms with E-state index in [4.69, 9.17) is 27.9 Å². The lowest BCUT2D eigenvalue weighted by molar-refractivity contribution is 0.281. The lowest BCUT2D eigenvalue weighted by Crippen LogP contribution is -2.17. The van der Waals surface area contributed by atoms with E-state index in [0.717, 1.165) is 11.3 Å². The summed E-state index contributed by atoms with van der Waals surface area (Å²) in [6.45, 7) is 4.35. The summed E-state index contributed by atoms with van der Waals surface area (Å²) in [5, 5.41) is 9.37. The van der Waals surface area contributed by atoms with Crippen LogP contribution in [-0.2, 0) is 4.74 Å². The minimum absolute atomic E-state index is 0.134. The van der Waals surface area contributed by atoms with Crippen LogP contribution >= 0.6 is 23.2 Å². The van der Waals surface area contributed by atoms with Gasteiger partial charge in [0, 0.05) is 23.4 Å². The van der Waals surface area contributed by atoms with Gasteiger partial charge >= 0.3 is 0 Å². The average Bonchev–Trinajstić information content (AvgIpc) is 2.43. The summed E-state index contributed by atoms with van der Waals surface area (Å²) in [5.74, 6) is 0.701. The molecule has 0 aromatic heterocycles. The molecule has 0 N–H and O–H groups in total. The van der Waals surface area contributed by atoms with Crippen molar-refractivity contribution in [2.75, 3.05) is 6.61 Å². The van der Waals surface area contributed by atoms with E-state index in [1.165, 1.54) is 0 Å². The fraction of sp³-hybridized carbons (Fsp3) is 0.333. The van der Waals surface area contributed by atoms with Crippen molar-refractivity contribution in [1.29, 1.82) is 0 Å². The lowest BCUT2D eigenvalue weighted by atomic mass is 9.99. The molecule has 5 heteroatoms. The van der Waals surface area contributed by atoms with Crippen LogP contribution in [0.15, 0.2) is 28.4 Å². The second kappa shape index (κ2) is 5.07. The Morgan fingerprint density at radius 2 is 2.06 bits per heavy atom. The maximum Gasteiger partial charge on any atom is 0.205 e. The predicted octanol–water partition coefficient (Wildman–Crippen LogP) is 3.78. The fourth-order valence-corrected chi connectivity index (χ4v) is 2.10. The Kier molecular flexibility index (Phi) is 3.69. The van der Waals surface area contributed by atoms with E-state index in [2.05, 4.69) is 10.2 Å². The zero-order chi connectivity index (χ0) is 12.4. The second-order valence-corrected chi connectivity index (χ2v) is 4.78. The molecule has 3 nitrogen and oxygen atoms in total. The van der Waals surface area contributed by atoms with Gasteiger partial charge < -0.3 is 4.74 Å². The van der Waals surface area contributed by atoms with Gasteiger partial charge in [-0.15, -0.1) is 5.10 Å². The Bertz CT molecular complexity index is 497. The first-order chi connectivity index (χ1) is 8.08. The SMILES string of the molecule is CC1=NN=C(c2ccc(Cl)cc2Cl)C(C)CO1. The van der Waals surface area contributed by atoms with E-state index >= 15 is 0 Å². The highest BCUT2D eigenvalue weighted by Crippen LogP contribution is 2.25. The highest BCUT2D eigenvalue weighted by molar-refractivity contribution is 6.37. The van der Waals surface area contributed by atoms with Gasteiger partial charge in [0.2, 0.25) is 5.90 Å². The Balaban J connectivity index is 2.44. The monoisotopic (exact) mass is 270 g/mol. The number of nitrogens with zero attached hydrogens (tertiary/aromatic N) is 2. The molecule has 0 amide bonds. The molecule has 90 valence electrons. The van der Waals surface area contributed by atoms with E-state index in [0.29, 0.717) is 22.5 Å². The lowest BCUT2D eigenvalue weighted by Gasteiger charge is -2.13. The van der Waals surface area contributed by atoms with Crippen LogP contribution in [0.2, 0.25) is 10.0 Å². The average molecular weight is 271 g/mol. The van der Waals surface area contributed by atoms with Crippen molar-refractivity contribution in [3.05, 3.63) is 33.8 Å². The van der Waals surface area contributed by atoms with E-state index in [1.807, 2.05) is 13.0 Å². The highest BCUT2D eigenvalue weighted by atomic mass is 35.5. The third-order valence-electron chi connectivity index (χ3n) is 2.51. The number of ether oxygens (including phenoxy) is 1. The molecule has 0 saturated heterocycles. The first kappa shape index (κ1) is 12.4. The maximum absolute atomic E-state index is 6.16. The van der Waals surface area contributed by atoms with Crippen LogP contribution in [0.4, 0.5) is 0 Å². The smallest absolute Gasteiger partial charge is 0.205 e. The van der Waals surface area contributed by atoms with Gasteiger partial charge in [0.1, 0.15) is 0 Å². The van der Waals surface area contributed by atoms with Crippen LogP contribution in [0.1, 0.15) is 19.4 Å². The van der Waals surface area contributed by atoms with Crippen molar-refractivity contribution >= 4 is 34.8 Å². The zero-order valence-electron chi connectivity index (χ0n) is 9.58. The van der Waals surface area contributed by atoms with Crippen molar-refractivity contribution < 1.29 is 4.74 Å². The van der Waals surface area contributed by atoms with E-state index in [-0.39, 0.29) is 5.92 Å². The molecule has 0 radical (unpaired) electrons. The Labute approximate surface area is 110 Å². The van der Waals surface area contributed by atoms with Gasteiger partial charge in [0.25, 0.3) is 0 Å². The van der Waals surface area contributed by atoms with E-state index in [1.54, 1.807) is 19.1 Å². The summed E-state index contributed by atoms with van der Waals surface area (Å²) >= 11 is 12.0. The van der Waals surface area contributed by atoms with Gasteiger partial charge in [-0.05, 0) is 12.1 Å². The summed E-state index contributed by atoms with van der Waals surface area (Å²) in [6.07, 6.45) is 0. The molecule has 2 rings (SSSR count). The van der Waals surface area contributed by atoms with Gasteiger partial charge in [0.15, 0.2) is 0 Å².